The summed E-state index contributed by atoms with van der Waals surface area (Å²) >= 11 is 0. The average Bonchev–Trinajstić information content (AvgIpc) is 3.24. The number of halogens is 3. The average molecular weight is 436 g/mol. The second kappa shape index (κ2) is 5.55. The van der Waals surface area contributed by atoms with E-state index >= 15 is 4.39 Å². The Morgan fingerprint density at radius 3 is 2.65 bits per heavy atom. The highest BCUT2D eigenvalue weighted by Gasteiger charge is 2.80. The van der Waals surface area contributed by atoms with Crippen molar-refractivity contribution in [2.45, 2.75) is 43.9 Å². The summed E-state index contributed by atoms with van der Waals surface area (Å²) in [7, 11) is 0. The van der Waals surface area contributed by atoms with E-state index in [1.165, 1.54) is 6.07 Å². The van der Waals surface area contributed by atoms with Gasteiger partial charge < -0.3 is 14.2 Å². The molecule has 1 aromatic heterocycles. The number of aromatic nitrogens is 1. The van der Waals surface area contributed by atoms with E-state index in [1.807, 2.05) is 0 Å². The van der Waals surface area contributed by atoms with E-state index in [4.69, 9.17) is 9.26 Å². The topological polar surface area (TPSA) is 114 Å². The number of barbiturate groups is 1. The van der Waals surface area contributed by atoms with E-state index in [2.05, 4.69) is 15.8 Å². The molecule has 2 N–H and O–H groups in total. The number of urea groups is 1. The highest BCUT2D eigenvalue weighted by atomic mass is 19.3. The number of nitrogens with one attached hydrogen (secondary N) is 2. The van der Waals surface area contributed by atoms with Crippen LogP contribution in [-0.2, 0) is 20.7 Å². The first-order valence-corrected chi connectivity index (χ1v) is 9.69. The van der Waals surface area contributed by atoms with Crippen molar-refractivity contribution < 1.29 is 36.8 Å². The van der Waals surface area contributed by atoms with Gasteiger partial charge in [-0.25, -0.2) is 18.0 Å². The van der Waals surface area contributed by atoms with Crippen molar-refractivity contribution in [1.82, 2.24) is 15.8 Å². The zero-order chi connectivity index (χ0) is 21.9. The monoisotopic (exact) mass is 436 g/mol. The van der Waals surface area contributed by atoms with Gasteiger partial charge in [0.25, 0.3) is 6.43 Å². The molecule has 2 aromatic rings. The lowest BCUT2D eigenvalue weighted by Gasteiger charge is -2.53. The summed E-state index contributed by atoms with van der Waals surface area (Å²) < 4.78 is 53.1. The molecule has 2 saturated heterocycles. The van der Waals surface area contributed by atoms with Gasteiger partial charge in [0.05, 0.1) is 28.8 Å². The van der Waals surface area contributed by atoms with Crippen molar-refractivity contribution >= 4 is 34.5 Å². The number of ether oxygens (including phenoxy) is 1. The Morgan fingerprint density at radius 1 is 1.26 bits per heavy atom. The Labute approximate surface area is 171 Å². The maximum Gasteiger partial charge on any atom is 0.328 e. The summed E-state index contributed by atoms with van der Waals surface area (Å²) in [6.07, 6.45) is -3.92. The van der Waals surface area contributed by atoms with Gasteiger partial charge in [-0.15, -0.1) is 0 Å². The van der Waals surface area contributed by atoms with E-state index in [0.717, 1.165) is 0 Å². The number of benzene rings is 1. The SMILES string of the molecule is CC1CN2c3c(cc4c(C(F)F)noc4c3F)CC3(C(=O)NC(=O)NC3=O)C23CC3O1. The number of morpholine rings is 1. The number of nitrogens with zero attached hydrogens (tertiary/aromatic N) is 2. The van der Waals surface area contributed by atoms with Gasteiger partial charge in [0.1, 0.15) is 0 Å². The summed E-state index contributed by atoms with van der Waals surface area (Å²) in [4.78, 5) is 39.6. The highest BCUT2D eigenvalue weighted by molar-refractivity contribution is 6.21. The van der Waals surface area contributed by atoms with Crippen LogP contribution in [-0.4, -0.2) is 47.3 Å². The van der Waals surface area contributed by atoms with E-state index in [-0.39, 0.29) is 42.1 Å². The number of anilines is 1. The number of alkyl halides is 2. The molecule has 3 fully saturated rings. The summed E-state index contributed by atoms with van der Waals surface area (Å²) in [5.74, 6) is -2.52. The second-order valence-electron chi connectivity index (χ2n) is 8.44. The first-order valence-electron chi connectivity index (χ1n) is 9.69. The molecule has 3 unspecified atom stereocenters. The number of amides is 4. The molecule has 0 bridgehead atoms. The lowest BCUT2D eigenvalue weighted by Crippen LogP contribution is -2.75. The zero-order valence-corrected chi connectivity index (χ0v) is 16.0. The largest absolute Gasteiger partial charge is 0.371 e. The number of hydrogen-bond acceptors (Lipinski definition) is 7. The highest BCUT2D eigenvalue weighted by Crippen LogP contribution is 2.65. The number of rotatable bonds is 1. The minimum absolute atomic E-state index is 0.0743. The third kappa shape index (κ3) is 2.01. The van der Waals surface area contributed by atoms with Crippen LogP contribution in [0.5, 0.6) is 0 Å². The lowest BCUT2D eigenvalue weighted by atomic mass is 9.66. The van der Waals surface area contributed by atoms with E-state index < -0.39 is 58.4 Å². The quantitative estimate of drug-likeness (QED) is 0.652. The van der Waals surface area contributed by atoms with Crippen LogP contribution in [0.25, 0.3) is 11.0 Å². The van der Waals surface area contributed by atoms with Crippen LogP contribution in [0.3, 0.4) is 0 Å². The van der Waals surface area contributed by atoms with E-state index in [9.17, 15) is 23.2 Å². The predicted molar refractivity (Wildman–Crippen MR) is 95.8 cm³/mol. The molecular weight excluding hydrogens is 421 g/mol. The van der Waals surface area contributed by atoms with Crippen molar-refractivity contribution in [3.63, 3.8) is 0 Å². The minimum atomic E-state index is -3.00. The van der Waals surface area contributed by atoms with Gasteiger partial charge in [-0.1, -0.05) is 5.16 Å². The first kappa shape index (κ1) is 18.6. The molecule has 9 nitrogen and oxygen atoms in total. The Balaban J connectivity index is 1.64. The van der Waals surface area contributed by atoms with Crippen LogP contribution < -0.4 is 15.5 Å². The molecule has 2 spiro atoms. The van der Waals surface area contributed by atoms with Gasteiger partial charge >= 0.3 is 6.03 Å². The van der Waals surface area contributed by atoms with Crippen LogP contribution in [0.1, 0.15) is 31.0 Å². The Kier molecular flexibility index (Phi) is 3.33. The third-order valence-corrected chi connectivity index (χ3v) is 6.87. The van der Waals surface area contributed by atoms with Crippen LogP contribution >= 0.6 is 0 Å². The molecule has 3 atom stereocenters. The molecule has 3 aliphatic heterocycles. The van der Waals surface area contributed by atoms with Gasteiger partial charge in [-0.05, 0) is 18.6 Å². The number of carbonyl (C=O) groups excluding carboxylic acids is 3. The van der Waals surface area contributed by atoms with Gasteiger partial charge in [-0.2, -0.15) is 0 Å². The summed E-state index contributed by atoms with van der Waals surface area (Å²) in [5.41, 5.74) is -3.88. The van der Waals surface area contributed by atoms with Gasteiger partial charge in [-0.3, -0.25) is 20.2 Å². The molecule has 12 heteroatoms. The number of fused-ring (bicyclic) bond motifs is 3. The van der Waals surface area contributed by atoms with Crippen molar-refractivity contribution in [2.75, 3.05) is 11.4 Å². The Bertz CT molecular complexity index is 1190. The molecule has 1 aliphatic carbocycles. The molecule has 0 radical (unpaired) electrons. The fraction of sp³-hybridized carbons (Fsp3) is 0.474. The molecular formula is C19H15F3N4O5. The molecule has 162 valence electrons. The number of imide groups is 2. The molecule has 4 aliphatic rings. The van der Waals surface area contributed by atoms with Crippen LogP contribution in [0.15, 0.2) is 10.6 Å². The van der Waals surface area contributed by atoms with Crippen LogP contribution in [0.4, 0.5) is 23.7 Å². The van der Waals surface area contributed by atoms with Crippen LogP contribution in [0, 0.1) is 11.2 Å². The first-order chi connectivity index (χ1) is 14.7. The van der Waals surface area contributed by atoms with E-state index in [0.29, 0.717) is 0 Å². The fourth-order valence-electron chi connectivity index (χ4n) is 5.61. The zero-order valence-electron chi connectivity index (χ0n) is 16.0. The predicted octanol–water partition coefficient (Wildman–Crippen LogP) is 1.55. The summed E-state index contributed by atoms with van der Waals surface area (Å²) in [6, 6.07) is 0.340. The summed E-state index contributed by atoms with van der Waals surface area (Å²) in [5, 5.41) is 7.36. The molecule has 1 aromatic carbocycles. The maximum absolute atomic E-state index is 15.6. The van der Waals surface area contributed by atoms with Crippen molar-refractivity contribution in [3.05, 3.63) is 23.1 Å². The lowest BCUT2D eigenvalue weighted by molar-refractivity contribution is -0.150. The van der Waals surface area contributed by atoms with Crippen molar-refractivity contribution in [1.29, 1.82) is 0 Å². The molecule has 4 heterocycles. The minimum Gasteiger partial charge on any atom is -0.371 e. The Morgan fingerprint density at radius 2 is 1.97 bits per heavy atom. The smallest absolute Gasteiger partial charge is 0.328 e. The Hall–Kier alpha value is -3.15. The van der Waals surface area contributed by atoms with Gasteiger partial charge in [0, 0.05) is 19.4 Å². The number of carbonyl (C=O) groups is 3. The summed E-state index contributed by atoms with van der Waals surface area (Å²) in [6.45, 7) is 1.92. The van der Waals surface area contributed by atoms with Crippen molar-refractivity contribution in [3.8, 4) is 0 Å². The molecule has 1 saturated carbocycles. The van der Waals surface area contributed by atoms with Crippen molar-refractivity contribution in [2.24, 2.45) is 5.41 Å². The maximum atomic E-state index is 15.6. The molecule has 31 heavy (non-hydrogen) atoms. The third-order valence-electron chi connectivity index (χ3n) is 6.87. The second-order valence-corrected chi connectivity index (χ2v) is 8.44. The number of hydrogen-bond donors (Lipinski definition) is 2. The molecule has 4 amide bonds. The fourth-order valence-corrected chi connectivity index (χ4v) is 5.61. The molecule has 6 rings (SSSR count). The normalized spacial score (nSPS) is 30.7. The van der Waals surface area contributed by atoms with E-state index in [1.54, 1.807) is 11.8 Å². The standard InChI is InChI=1S/C19H15F3N4O5/c1-6-5-26-12-7(2-8-11(14(21)22)25-31-13(8)10(12)20)3-18(19(26)4-9(19)30-6)15(27)23-17(29)24-16(18)28/h2,6,9,14H,3-5H2,1H3,(H2,23,24,27,28,29). The van der Waals surface area contributed by atoms with Gasteiger partial charge in [0.15, 0.2) is 16.9 Å². The van der Waals surface area contributed by atoms with Gasteiger partial charge in [0.2, 0.25) is 17.4 Å². The van der Waals surface area contributed by atoms with Crippen LogP contribution in [0.2, 0.25) is 0 Å².